The molecule has 2 aliphatic rings. The Hall–Kier alpha value is -1.09. The van der Waals surface area contributed by atoms with Gasteiger partial charge in [0.05, 0.1) is 6.61 Å². The largest absolute Gasteiger partial charge is 0.493 e. The molecule has 12 heavy (non-hydrogen) atoms. The van der Waals surface area contributed by atoms with Crippen LogP contribution in [0.25, 0.3) is 0 Å². The number of ketones is 1. The summed E-state index contributed by atoms with van der Waals surface area (Å²) in [5.41, 5.74) is 6.52. The smallest absolute Gasteiger partial charge is 0.160 e. The highest BCUT2D eigenvalue weighted by Gasteiger charge is 2.28. The average Bonchev–Trinajstić information content (AvgIpc) is 2.46. The van der Waals surface area contributed by atoms with E-state index in [9.17, 15) is 4.79 Å². The Kier molecular flexibility index (Phi) is 1.73. The number of carbonyl (C=O) groups is 1. The van der Waals surface area contributed by atoms with Crippen molar-refractivity contribution in [2.75, 3.05) is 13.2 Å². The summed E-state index contributed by atoms with van der Waals surface area (Å²) in [5.74, 6) is 1.24. The fraction of sp³-hybridized carbons (Fsp3) is 0.444. The predicted molar refractivity (Wildman–Crippen MR) is 44.3 cm³/mol. The number of carbonyl (C=O) groups excluding carboxylic acids is 1. The van der Waals surface area contributed by atoms with Crippen molar-refractivity contribution in [2.45, 2.75) is 6.42 Å². The van der Waals surface area contributed by atoms with Crippen LogP contribution < -0.4 is 5.73 Å². The van der Waals surface area contributed by atoms with E-state index in [1.54, 1.807) is 6.08 Å². The van der Waals surface area contributed by atoms with E-state index in [1.807, 2.05) is 6.08 Å². The number of rotatable bonds is 1. The lowest BCUT2D eigenvalue weighted by atomic mass is 9.95. The molecule has 1 unspecified atom stereocenters. The Morgan fingerprint density at radius 3 is 3.25 bits per heavy atom. The van der Waals surface area contributed by atoms with Crippen LogP contribution in [0.5, 0.6) is 0 Å². The van der Waals surface area contributed by atoms with Crippen LogP contribution in [-0.4, -0.2) is 18.9 Å². The third-order valence-corrected chi connectivity index (χ3v) is 2.25. The molecule has 0 bridgehead atoms. The molecule has 0 saturated carbocycles. The van der Waals surface area contributed by atoms with Gasteiger partial charge in [-0.3, -0.25) is 4.79 Å². The van der Waals surface area contributed by atoms with Crippen molar-refractivity contribution in [3.63, 3.8) is 0 Å². The first kappa shape index (κ1) is 7.55. The van der Waals surface area contributed by atoms with E-state index in [0.717, 1.165) is 11.3 Å². The summed E-state index contributed by atoms with van der Waals surface area (Å²) in [5, 5.41) is 0. The zero-order valence-electron chi connectivity index (χ0n) is 6.75. The van der Waals surface area contributed by atoms with Gasteiger partial charge in [-0.25, -0.2) is 0 Å². The van der Waals surface area contributed by atoms with Crippen molar-refractivity contribution >= 4 is 5.78 Å². The molecule has 1 saturated heterocycles. The number of ether oxygens (including phenoxy) is 1. The van der Waals surface area contributed by atoms with Gasteiger partial charge in [-0.05, 0) is 12.2 Å². The van der Waals surface area contributed by atoms with E-state index >= 15 is 0 Å². The SMILES string of the molecule is NCC1COC2=CCC(=O)C=C21. The average molecular weight is 165 g/mol. The van der Waals surface area contributed by atoms with Crippen LogP contribution in [0.15, 0.2) is 23.5 Å². The van der Waals surface area contributed by atoms with Gasteiger partial charge in [0.2, 0.25) is 0 Å². The molecule has 1 heterocycles. The first-order chi connectivity index (χ1) is 5.81. The van der Waals surface area contributed by atoms with Crippen LogP contribution in [0.3, 0.4) is 0 Å². The molecule has 2 rings (SSSR count). The molecule has 0 aromatic carbocycles. The highest BCUT2D eigenvalue weighted by molar-refractivity contribution is 5.93. The maximum atomic E-state index is 11.0. The number of nitrogens with two attached hydrogens (primary N) is 1. The molecule has 2 N–H and O–H groups in total. The lowest BCUT2D eigenvalue weighted by molar-refractivity contribution is -0.114. The van der Waals surface area contributed by atoms with Crippen molar-refractivity contribution < 1.29 is 9.53 Å². The number of hydrogen-bond donors (Lipinski definition) is 1. The first-order valence-electron chi connectivity index (χ1n) is 4.09. The molecule has 1 aliphatic carbocycles. The van der Waals surface area contributed by atoms with E-state index in [4.69, 9.17) is 10.5 Å². The molecule has 3 heteroatoms. The van der Waals surface area contributed by atoms with Gasteiger partial charge < -0.3 is 10.5 Å². The van der Waals surface area contributed by atoms with E-state index in [1.165, 1.54) is 0 Å². The Morgan fingerprint density at radius 2 is 2.50 bits per heavy atom. The van der Waals surface area contributed by atoms with E-state index in [2.05, 4.69) is 0 Å². The second-order valence-corrected chi connectivity index (χ2v) is 3.08. The molecule has 64 valence electrons. The summed E-state index contributed by atoms with van der Waals surface area (Å²) < 4.78 is 5.37. The van der Waals surface area contributed by atoms with Gasteiger partial charge in [0.25, 0.3) is 0 Å². The molecular formula is C9H11NO2. The predicted octanol–water partition coefficient (Wildman–Crippen LogP) is 0.375. The van der Waals surface area contributed by atoms with Crippen molar-refractivity contribution in [2.24, 2.45) is 11.7 Å². The second-order valence-electron chi connectivity index (χ2n) is 3.08. The lowest BCUT2D eigenvalue weighted by Crippen LogP contribution is -2.16. The minimum Gasteiger partial charge on any atom is -0.493 e. The fourth-order valence-electron chi connectivity index (χ4n) is 1.55. The van der Waals surface area contributed by atoms with Crippen molar-refractivity contribution in [3.8, 4) is 0 Å². The minimum absolute atomic E-state index is 0.151. The van der Waals surface area contributed by atoms with Crippen molar-refractivity contribution in [1.82, 2.24) is 0 Å². The molecule has 1 fully saturated rings. The van der Waals surface area contributed by atoms with Gasteiger partial charge in [0.15, 0.2) is 5.78 Å². The third kappa shape index (κ3) is 1.06. The van der Waals surface area contributed by atoms with Crippen molar-refractivity contribution in [1.29, 1.82) is 0 Å². The normalized spacial score (nSPS) is 27.4. The lowest BCUT2D eigenvalue weighted by Gasteiger charge is -2.08. The van der Waals surface area contributed by atoms with Gasteiger partial charge in [0.1, 0.15) is 5.76 Å². The number of hydrogen-bond acceptors (Lipinski definition) is 3. The second kappa shape index (κ2) is 2.75. The van der Waals surface area contributed by atoms with Crippen LogP contribution in [0.1, 0.15) is 6.42 Å². The molecule has 0 amide bonds. The zero-order valence-corrected chi connectivity index (χ0v) is 6.75. The van der Waals surface area contributed by atoms with Gasteiger partial charge in [0, 0.05) is 24.5 Å². The Bertz CT molecular complexity index is 278. The van der Waals surface area contributed by atoms with E-state index in [-0.39, 0.29) is 11.7 Å². The van der Waals surface area contributed by atoms with Crippen LogP contribution in [0, 0.1) is 5.92 Å². The molecule has 3 nitrogen and oxygen atoms in total. The Balaban J connectivity index is 2.30. The Labute approximate surface area is 70.9 Å². The summed E-state index contributed by atoms with van der Waals surface area (Å²) in [6, 6.07) is 0. The van der Waals surface area contributed by atoms with Crippen molar-refractivity contribution in [3.05, 3.63) is 23.5 Å². The summed E-state index contributed by atoms with van der Waals surface area (Å²) in [7, 11) is 0. The quantitative estimate of drug-likeness (QED) is 0.611. The van der Waals surface area contributed by atoms with E-state index < -0.39 is 0 Å². The molecule has 0 radical (unpaired) electrons. The van der Waals surface area contributed by atoms with Crippen LogP contribution in [-0.2, 0) is 9.53 Å². The zero-order chi connectivity index (χ0) is 8.55. The Morgan fingerprint density at radius 1 is 1.67 bits per heavy atom. The van der Waals surface area contributed by atoms with Gasteiger partial charge in [-0.2, -0.15) is 0 Å². The summed E-state index contributed by atoms with van der Waals surface area (Å²) in [6.45, 7) is 1.18. The summed E-state index contributed by atoms with van der Waals surface area (Å²) >= 11 is 0. The topological polar surface area (TPSA) is 52.3 Å². The third-order valence-electron chi connectivity index (χ3n) is 2.25. The number of allylic oxidation sites excluding steroid dienone is 3. The van der Waals surface area contributed by atoms with Gasteiger partial charge in [-0.15, -0.1) is 0 Å². The summed E-state index contributed by atoms with van der Waals surface area (Å²) in [6.07, 6.45) is 3.98. The maximum absolute atomic E-state index is 11.0. The molecular weight excluding hydrogens is 154 g/mol. The molecule has 0 aromatic rings. The fourth-order valence-corrected chi connectivity index (χ4v) is 1.55. The van der Waals surface area contributed by atoms with Gasteiger partial charge in [-0.1, -0.05) is 0 Å². The highest BCUT2D eigenvalue weighted by atomic mass is 16.5. The molecule has 0 spiro atoms. The molecule has 1 aliphatic heterocycles. The van der Waals surface area contributed by atoms with Crippen LogP contribution >= 0.6 is 0 Å². The molecule has 0 aromatic heterocycles. The van der Waals surface area contributed by atoms with Crippen LogP contribution in [0.4, 0.5) is 0 Å². The van der Waals surface area contributed by atoms with E-state index in [0.29, 0.717) is 19.6 Å². The number of fused-ring (bicyclic) bond motifs is 1. The van der Waals surface area contributed by atoms with Crippen LogP contribution in [0.2, 0.25) is 0 Å². The summed E-state index contributed by atoms with van der Waals surface area (Å²) in [4.78, 5) is 11.0. The molecule has 1 atom stereocenters. The highest BCUT2D eigenvalue weighted by Crippen LogP contribution is 2.31. The minimum atomic E-state index is 0.151. The van der Waals surface area contributed by atoms with Gasteiger partial charge >= 0.3 is 0 Å². The standard InChI is InChI=1S/C9H11NO2/c10-4-6-5-12-9-2-1-7(11)3-8(6)9/h2-3,6H,1,4-5,10H2. The monoisotopic (exact) mass is 165 g/mol. The maximum Gasteiger partial charge on any atom is 0.160 e. The first-order valence-corrected chi connectivity index (χ1v) is 4.09.